The van der Waals surface area contributed by atoms with Gasteiger partial charge < -0.3 is 4.74 Å². The maximum Gasteiger partial charge on any atom is 0.266 e. The predicted molar refractivity (Wildman–Crippen MR) is 140 cm³/mol. The highest BCUT2D eigenvalue weighted by Crippen LogP contribution is 2.43. The van der Waals surface area contributed by atoms with Gasteiger partial charge in [-0.05, 0) is 30.3 Å². The molecule has 0 saturated carbocycles. The molecule has 0 aliphatic rings. The Labute approximate surface area is 228 Å². The van der Waals surface area contributed by atoms with Crippen molar-refractivity contribution >= 4 is 49.7 Å². The molecule has 192 valence electrons. The van der Waals surface area contributed by atoms with Crippen LogP contribution in [0.5, 0.6) is 11.5 Å². The summed E-state index contributed by atoms with van der Waals surface area (Å²) in [6.45, 7) is 0. The Kier molecular flexibility index (Phi) is 7.21. The summed E-state index contributed by atoms with van der Waals surface area (Å²) >= 11 is 13.8. The van der Waals surface area contributed by atoms with Gasteiger partial charge in [0.05, 0.1) is 17.4 Å². The van der Waals surface area contributed by atoms with Crippen molar-refractivity contribution < 1.29 is 21.9 Å². The van der Waals surface area contributed by atoms with E-state index in [0.717, 1.165) is 23.5 Å². The molecule has 0 bridgehead atoms. The third-order valence-corrected chi connectivity index (χ3v) is 7.90. The second-order valence-electron chi connectivity index (χ2n) is 7.60. The van der Waals surface area contributed by atoms with Crippen molar-refractivity contribution in [2.75, 3.05) is 4.72 Å². The molecule has 0 unspecified atom stereocenters. The van der Waals surface area contributed by atoms with Gasteiger partial charge in [-0.2, -0.15) is 10.2 Å². The number of sulfonamides is 1. The molecule has 14 heteroatoms. The molecule has 0 radical (unpaired) electrons. The Morgan fingerprint density at radius 2 is 1.66 bits per heavy atom. The van der Waals surface area contributed by atoms with Crippen LogP contribution in [-0.2, 0) is 10.0 Å². The molecule has 1 N–H and O–H groups in total. The molecule has 8 nitrogen and oxygen atoms in total. The zero-order valence-electron chi connectivity index (χ0n) is 18.8. The fourth-order valence-electron chi connectivity index (χ4n) is 3.50. The van der Waals surface area contributed by atoms with E-state index >= 15 is 4.39 Å². The SMILES string of the molecule is O=S(=O)(Nc1nncs1)c1cc(Cl)c(Oc2cc(-c3ccccc3F)c(Cl)cc2-c2ccnnc2)cc1F. The zero-order valence-corrected chi connectivity index (χ0v) is 21.9. The Morgan fingerprint density at radius 3 is 2.37 bits per heavy atom. The van der Waals surface area contributed by atoms with Crippen LogP contribution in [0.4, 0.5) is 13.9 Å². The molecular formula is C24H13Cl2F2N5O3S2. The van der Waals surface area contributed by atoms with Crippen molar-refractivity contribution in [1.29, 1.82) is 0 Å². The number of halogens is 4. The van der Waals surface area contributed by atoms with Gasteiger partial charge in [0.25, 0.3) is 10.0 Å². The molecule has 5 aromatic rings. The molecule has 0 aliphatic heterocycles. The van der Waals surface area contributed by atoms with Crippen molar-refractivity contribution in [1.82, 2.24) is 20.4 Å². The average molecular weight is 592 g/mol. The van der Waals surface area contributed by atoms with Crippen molar-refractivity contribution in [2.45, 2.75) is 4.90 Å². The van der Waals surface area contributed by atoms with Gasteiger partial charge in [0.1, 0.15) is 33.5 Å². The molecule has 38 heavy (non-hydrogen) atoms. The largest absolute Gasteiger partial charge is 0.455 e. The Morgan fingerprint density at radius 1 is 0.842 bits per heavy atom. The summed E-state index contributed by atoms with van der Waals surface area (Å²) in [5.74, 6) is -1.70. The third kappa shape index (κ3) is 5.29. The number of hydrogen-bond acceptors (Lipinski definition) is 8. The fourth-order valence-corrected chi connectivity index (χ4v) is 5.81. The molecule has 0 aliphatic carbocycles. The van der Waals surface area contributed by atoms with Crippen LogP contribution in [0.2, 0.25) is 10.0 Å². The van der Waals surface area contributed by atoms with Gasteiger partial charge in [-0.3, -0.25) is 4.72 Å². The zero-order chi connectivity index (χ0) is 26.9. The molecule has 0 saturated heterocycles. The maximum absolute atomic E-state index is 15.1. The van der Waals surface area contributed by atoms with Gasteiger partial charge in [-0.15, -0.1) is 10.2 Å². The summed E-state index contributed by atoms with van der Waals surface area (Å²) in [6, 6.07) is 12.4. The van der Waals surface area contributed by atoms with Crippen LogP contribution < -0.4 is 9.46 Å². The van der Waals surface area contributed by atoms with E-state index in [9.17, 15) is 12.8 Å². The first-order chi connectivity index (χ1) is 18.2. The minimum Gasteiger partial charge on any atom is -0.455 e. The lowest BCUT2D eigenvalue weighted by atomic mass is 9.99. The Hall–Kier alpha value is -3.71. The number of hydrogen-bond donors (Lipinski definition) is 1. The average Bonchev–Trinajstić information content (AvgIpc) is 3.40. The van der Waals surface area contributed by atoms with E-state index in [1.54, 1.807) is 30.3 Å². The van der Waals surface area contributed by atoms with E-state index in [1.165, 1.54) is 30.0 Å². The molecule has 0 fully saturated rings. The van der Waals surface area contributed by atoms with E-state index in [1.807, 2.05) is 0 Å². The quantitative estimate of drug-likeness (QED) is 0.221. The second-order valence-corrected chi connectivity index (χ2v) is 10.9. The topological polar surface area (TPSA) is 107 Å². The highest BCUT2D eigenvalue weighted by molar-refractivity contribution is 7.93. The fraction of sp³-hybridized carbons (Fsp3) is 0. The summed E-state index contributed by atoms with van der Waals surface area (Å²) in [5.41, 5.74) is 2.81. The van der Waals surface area contributed by atoms with E-state index in [4.69, 9.17) is 27.9 Å². The Bertz CT molecular complexity index is 1740. The van der Waals surface area contributed by atoms with Crippen LogP contribution in [0.15, 0.2) is 77.4 Å². The summed E-state index contributed by atoms with van der Waals surface area (Å²) in [7, 11) is -4.36. The van der Waals surface area contributed by atoms with Crippen LogP contribution in [0.3, 0.4) is 0 Å². The molecular weight excluding hydrogens is 579 g/mol. The van der Waals surface area contributed by atoms with Gasteiger partial charge >= 0.3 is 0 Å². The van der Waals surface area contributed by atoms with Crippen LogP contribution in [-0.4, -0.2) is 28.8 Å². The lowest BCUT2D eigenvalue weighted by Gasteiger charge is -2.17. The predicted octanol–water partition coefficient (Wildman–Crippen LogP) is 6.84. The van der Waals surface area contributed by atoms with Gasteiger partial charge in [0, 0.05) is 33.3 Å². The van der Waals surface area contributed by atoms with Gasteiger partial charge in [-0.25, -0.2) is 17.2 Å². The second kappa shape index (κ2) is 10.6. The minimum atomic E-state index is -4.36. The molecule has 2 heterocycles. The molecule has 0 amide bonds. The number of benzene rings is 3. The molecule has 0 spiro atoms. The van der Waals surface area contributed by atoms with Crippen molar-refractivity contribution in [3.63, 3.8) is 0 Å². The number of rotatable bonds is 7. The number of anilines is 1. The first kappa shape index (κ1) is 25.9. The smallest absolute Gasteiger partial charge is 0.266 e. The number of nitrogens with one attached hydrogen (secondary N) is 1. The van der Waals surface area contributed by atoms with Crippen molar-refractivity contribution in [3.8, 4) is 33.8 Å². The summed E-state index contributed by atoms with van der Waals surface area (Å²) in [4.78, 5) is -0.716. The first-order valence-corrected chi connectivity index (χ1v) is 13.7. The van der Waals surface area contributed by atoms with E-state index in [-0.39, 0.29) is 32.2 Å². The minimum absolute atomic E-state index is 0.0433. The lowest BCUT2D eigenvalue weighted by molar-refractivity contribution is 0.475. The summed E-state index contributed by atoms with van der Waals surface area (Å²) in [5, 5.41) is 14.7. The van der Waals surface area contributed by atoms with Crippen LogP contribution in [0.25, 0.3) is 22.3 Å². The van der Waals surface area contributed by atoms with Gasteiger partial charge in [0.2, 0.25) is 5.13 Å². The lowest BCUT2D eigenvalue weighted by Crippen LogP contribution is -2.14. The molecule has 0 atom stereocenters. The van der Waals surface area contributed by atoms with E-state index in [2.05, 4.69) is 25.1 Å². The number of aromatic nitrogens is 4. The molecule has 2 aromatic heterocycles. The van der Waals surface area contributed by atoms with Crippen molar-refractivity contribution in [2.24, 2.45) is 0 Å². The van der Waals surface area contributed by atoms with Gasteiger partial charge in [0.15, 0.2) is 0 Å². The highest BCUT2D eigenvalue weighted by atomic mass is 35.5. The summed E-state index contributed by atoms with van der Waals surface area (Å²) < 4.78 is 63.1. The number of ether oxygens (including phenoxy) is 1. The van der Waals surface area contributed by atoms with E-state index < -0.39 is 26.6 Å². The highest BCUT2D eigenvalue weighted by Gasteiger charge is 2.24. The van der Waals surface area contributed by atoms with Crippen molar-refractivity contribution in [3.05, 3.63) is 94.2 Å². The number of nitrogens with zero attached hydrogens (tertiary/aromatic N) is 4. The standard InChI is InChI=1S/C24H13Cl2F2N5O3S2/c25-17-7-15(13-5-6-29-30-11-13)21(8-16(17)14-3-1-2-4-19(14)27)36-22-10-20(28)23(9-18(22)26)38(34,35)33-24-32-31-12-37-24/h1-12H,(H,32,33). The normalized spacial score (nSPS) is 11.4. The van der Waals surface area contributed by atoms with E-state index in [0.29, 0.717) is 16.7 Å². The first-order valence-electron chi connectivity index (χ1n) is 10.5. The molecule has 3 aromatic carbocycles. The summed E-state index contributed by atoms with van der Waals surface area (Å²) in [6.07, 6.45) is 2.91. The maximum atomic E-state index is 15.1. The van der Waals surface area contributed by atoms with Gasteiger partial charge in [-0.1, -0.05) is 52.7 Å². The monoisotopic (exact) mass is 591 g/mol. The van der Waals surface area contributed by atoms with Crippen LogP contribution >= 0.6 is 34.5 Å². The Balaban J connectivity index is 1.59. The third-order valence-electron chi connectivity index (χ3n) is 5.21. The molecule has 5 rings (SSSR count). The van der Waals surface area contributed by atoms with Crippen LogP contribution in [0, 0.1) is 11.6 Å². The van der Waals surface area contributed by atoms with Crippen LogP contribution in [0.1, 0.15) is 0 Å².